The lowest BCUT2D eigenvalue weighted by molar-refractivity contribution is -0.148. The Morgan fingerprint density at radius 1 is 1.08 bits per heavy atom. The fraction of sp³-hybridized carbons (Fsp3) is 0.688. The molecule has 136 valence electrons. The Balaban J connectivity index is 3.11. The zero-order valence-corrected chi connectivity index (χ0v) is 14.5. The zero-order valence-electron chi connectivity index (χ0n) is 14.5. The van der Waals surface area contributed by atoms with E-state index in [4.69, 9.17) is 14.2 Å². The molecule has 0 radical (unpaired) electrons. The molecule has 0 bridgehead atoms. The van der Waals surface area contributed by atoms with Gasteiger partial charge in [-0.1, -0.05) is 6.08 Å². The third-order valence-electron chi connectivity index (χ3n) is 3.40. The molecule has 0 saturated heterocycles. The van der Waals surface area contributed by atoms with Crippen LogP contribution in [0.2, 0.25) is 0 Å². The van der Waals surface area contributed by atoms with E-state index in [1.165, 1.54) is 0 Å². The third-order valence-corrected chi connectivity index (χ3v) is 3.40. The fourth-order valence-corrected chi connectivity index (χ4v) is 2.43. The van der Waals surface area contributed by atoms with E-state index < -0.39 is 24.2 Å². The molecule has 1 rings (SSSR count). The summed E-state index contributed by atoms with van der Waals surface area (Å²) in [6.07, 6.45) is 3.60. The molecule has 2 amide bonds. The van der Waals surface area contributed by atoms with Crippen molar-refractivity contribution in [3.8, 4) is 0 Å². The van der Waals surface area contributed by atoms with Crippen LogP contribution in [0, 0.1) is 0 Å². The Morgan fingerprint density at radius 3 is 2.29 bits per heavy atom. The van der Waals surface area contributed by atoms with Gasteiger partial charge >= 0.3 is 18.2 Å². The lowest BCUT2D eigenvalue weighted by Crippen LogP contribution is -2.56. The number of carbonyl (C=O) groups excluding carboxylic acids is 3. The molecule has 1 atom stereocenters. The van der Waals surface area contributed by atoms with Crippen LogP contribution >= 0.6 is 0 Å². The topological polar surface area (TPSA) is 94.2 Å². The number of hydrazine groups is 1. The molecule has 0 aromatic rings. The summed E-state index contributed by atoms with van der Waals surface area (Å²) in [5.74, 6) is -0.615. The predicted molar refractivity (Wildman–Crippen MR) is 86.0 cm³/mol. The van der Waals surface area contributed by atoms with Crippen LogP contribution in [0.1, 0.15) is 46.5 Å². The van der Waals surface area contributed by atoms with Crippen molar-refractivity contribution in [2.75, 3.05) is 19.8 Å². The fourth-order valence-electron chi connectivity index (χ4n) is 2.43. The average Bonchev–Trinajstić information content (AvgIpc) is 2.56. The maximum Gasteiger partial charge on any atom is 0.429 e. The second kappa shape index (κ2) is 10.5. The molecule has 8 nitrogen and oxygen atoms in total. The quantitative estimate of drug-likeness (QED) is 0.345. The van der Waals surface area contributed by atoms with Crippen LogP contribution in [0.15, 0.2) is 11.6 Å². The number of nitrogens with zero attached hydrogens (tertiary/aromatic N) is 1. The molecule has 0 fully saturated rings. The Labute approximate surface area is 142 Å². The Kier molecular flexibility index (Phi) is 8.67. The molecule has 0 heterocycles. The second-order valence-corrected chi connectivity index (χ2v) is 5.08. The number of carbonyl (C=O) groups is 3. The summed E-state index contributed by atoms with van der Waals surface area (Å²) in [4.78, 5) is 36.5. The molecule has 1 aliphatic carbocycles. The monoisotopic (exact) mass is 342 g/mol. The van der Waals surface area contributed by atoms with Crippen LogP contribution in [0.25, 0.3) is 0 Å². The van der Waals surface area contributed by atoms with Crippen LogP contribution in [0.3, 0.4) is 0 Å². The maximum absolute atomic E-state index is 12.4. The van der Waals surface area contributed by atoms with Gasteiger partial charge in [-0.25, -0.2) is 19.8 Å². The van der Waals surface area contributed by atoms with Crippen molar-refractivity contribution in [1.29, 1.82) is 0 Å². The summed E-state index contributed by atoms with van der Waals surface area (Å²) in [7, 11) is 0. The van der Waals surface area contributed by atoms with Gasteiger partial charge in [-0.15, -0.1) is 0 Å². The van der Waals surface area contributed by atoms with Crippen molar-refractivity contribution < 1.29 is 28.6 Å². The van der Waals surface area contributed by atoms with Gasteiger partial charge < -0.3 is 14.2 Å². The molecule has 0 aliphatic heterocycles. The molecular weight excluding hydrogens is 316 g/mol. The van der Waals surface area contributed by atoms with Crippen LogP contribution in [0.4, 0.5) is 9.59 Å². The largest absolute Gasteiger partial charge is 0.464 e. The van der Waals surface area contributed by atoms with Crippen molar-refractivity contribution >= 4 is 18.2 Å². The van der Waals surface area contributed by atoms with Crippen molar-refractivity contribution in [3.05, 3.63) is 11.6 Å². The summed E-state index contributed by atoms with van der Waals surface area (Å²) >= 11 is 0. The summed E-state index contributed by atoms with van der Waals surface area (Å²) in [6, 6.07) is -1.06. The van der Waals surface area contributed by atoms with E-state index in [0.717, 1.165) is 29.8 Å². The number of hydrogen-bond donors (Lipinski definition) is 1. The first-order valence-electron chi connectivity index (χ1n) is 8.30. The molecule has 24 heavy (non-hydrogen) atoms. The normalized spacial score (nSPS) is 14.9. The Morgan fingerprint density at radius 2 is 1.75 bits per heavy atom. The number of ether oxygens (including phenoxy) is 3. The van der Waals surface area contributed by atoms with Gasteiger partial charge in [-0.3, -0.25) is 0 Å². The SMILES string of the molecule is CCOC(=O)NN(C(=O)OCC)C(C(=O)OCC)C1=CCCCC1. The smallest absolute Gasteiger partial charge is 0.429 e. The summed E-state index contributed by atoms with van der Waals surface area (Å²) in [6.45, 7) is 5.36. The maximum atomic E-state index is 12.4. The van der Waals surface area contributed by atoms with Gasteiger partial charge in [0.2, 0.25) is 0 Å². The lowest BCUT2D eigenvalue weighted by atomic mass is 9.93. The van der Waals surface area contributed by atoms with Crippen LogP contribution < -0.4 is 5.43 Å². The second-order valence-electron chi connectivity index (χ2n) is 5.08. The van der Waals surface area contributed by atoms with Crippen molar-refractivity contribution in [2.45, 2.75) is 52.5 Å². The molecule has 8 heteroatoms. The summed E-state index contributed by atoms with van der Waals surface area (Å²) < 4.78 is 14.9. The van der Waals surface area contributed by atoms with Gasteiger partial charge in [0, 0.05) is 0 Å². The first-order chi connectivity index (χ1) is 11.5. The minimum absolute atomic E-state index is 0.106. The number of allylic oxidation sites excluding steroid dienone is 1. The van der Waals surface area contributed by atoms with Gasteiger partial charge in [0.15, 0.2) is 6.04 Å². The van der Waals surface area contributed by atoms with Crippen molar-refractivity contribution in [2.24, 2.45) is 0 Å². The van der Waals surface area contributed by atoms with Gasteiger partial charge in [-0.05, 0) is 52.0 Å². The summed E-state index contributed by atoms with van der Waals surface area (Å²) in [5.41, 5.74) is 3.02. The van der Waals surface area contributed by atoms with Crippen LogP contribution in [0.5, 0.6) is 0 Å². The Hall–Kier alpha value is -2.25. The van der Waals surface area contributed by atoms with E-state index in [0.29, 0.717) is 6.42 Å². The van der Waals surface area contributed by atoms with Crippen molar-refractivity contribution in [3.63, 3.8) is 0 Å². The van der Waals surface area contributed by atoms with E-state index in [-0.39, 0.29) is 19.8 Å². The average molecular weight is 342 g/mol. The van der Waals surface area contributed by atoms with Crippen LogP contribution in [-0.4, -0.2) is 49.0 Å². The minimum atomic E-state index is -1.06. The highest BCUT2D eigenvalue weighted by Crippen LogP contribution is 2.24. The number of amides is 2. The molecular formula is C16H26N2O6. The number of esters is 1. The summed E-state index contributed by atoms with van der Waals surface area (Å²) in [5, 5.41) is 0.858. The zero-order chi connectivity index (χ0) is 17.9. The van der Waals surface area contributed by atoms with E-state index in [2.05, 4.69) is 5.43 Å². The molecule has 1 N–H and O–H groups in total. The predicted octanol–water partition coefficient (Wildman–Crippen LogP) is 2.54. The molecule has 0 aromatic carbocycles. The van der Waals surface area contributed by atoms with Gasteiger partial charge in [0.1, 0.15) is 0 Å². The molecule has 0 saturated carbocycles. The number of nitrogens with one attached hydrogen (secondary N) is 1. The van der Waals surface area contributed by atoms with E-state index in [1.54, 1.807) is 20.8 Å². The highest BCUT2D eigenvalue weighted by Gasteiger charge is 2.37. The molecule has 1 aliphatic rings. The van der Waals surface area contributed by atoms with E-state index >= 15 is 0 Å². The van der Waals surface area contributed by atoms with Gasteiger partial charge in [0.25, 0.3) is 0 Å². The molecule has 0 spiro atoms. The Bertz CT molecular complexity index is 477. The van der Waals surface area contributed by atoms with E-state index in [1.807, 2.05) is 6.08 Å². The molecule has 0 aromatic heterocycles. The third kappa shape index (κ3) is 5.75. The number of hydrogen-bond acceptors (Lipinski definition) is 6. The van der Waals surface area contributed by atoms with E-state index in [9.17, 15) is 14.4 Å². The van der Waals surface area contributed by atoms with Gasteiger partial charge in [0.05, 0.1) is 19.8 Å². The minimum Gasteiger partial charge on any atom is -0.464 e. The highest BCUT2D eigenvalue weighted by molar-refractivity contribution is 5.86. The first kappa shape index (κ1) is 19.8. The number of rotatable bonds is 6. The highest BCUT2D eigenvalue weighted by atomic mass is 16.6. The first-order valence-corrected chi connectivity index (χ1v) is 8.30. The molecule has 1 unspecified atom stereocenters. The lowest BCUT2D eigenvalue weighted by Gasteiger charge is -2.31. The standard InChI is InChI=1S/C16H26N2O6/c1-4-22-14(19)13(12-10-8-7-9-11-12)18(16(21)24-6-3)17-15(20)23-5-2/h10,13H,4-9,11H2,1-3H3,(H,17,20). The van der Waals surface area contributed by atoms with Crippen LogP contribution in [-0.2, 0) is 19.0 Å². The van der Waals surface area contributed by atoms with Crippen molar-refractivity contribution in [1.82, 2.24) is 10.4 Å². The van der Waals surface area contributed by atoms with Gasteiger partial charge in [-0.2, -0.15) is 5.01 Å².